The van der Waals surface area contributed by atoms with Crippen molar-refractivity contribution in [2.75, 3.05) is 38.8 Å². The summed E-state index contributed by atoms with van der Waals surface area (Å²) in [6.45, 7) is 1.19. The van der Waals surface area contributed by atoms with Crippen molar-refractivity contribution in [3.05, 3.63) is 35.9 Å². The lowest BCUT2D eigenvalue weighted by Gasteiger charge is -2.20. The molecule has 0 bridgehead atoms. The molecule has 0 radical (unpaired) electrons. The fourth-order valence-corrected chi connectivity index (χ4v) is 4.33. The molecule has 0 amide bonds. The van der Waals surface area contributed by atoms with Crippen molar-refractivity contribution >= 4 is 15.8 Å². The van der Waals surface area contributed by atoms with Crippen molar-refractivity contribution in [3.63, 3.8) is 0 Å². The monoisotopic (exact) mass is 353 g/mol. The second-order valence-corrected chi connectivity index (χ2v) is 8.81. The van der Waals surface area contributed by atoms with E-state index >= 15 is 0 Å². The van der Waals surface area contributed by atoms with Crippen LogP contribution in [0.1, 0.15) is 24.3 Å². The lowest BCUT2D eigenvalue weighted by Crippen LogP contribution is -2.43. The van der Waals surface area contributed by atoms with Crippen LogP contribution in [0.25, 0.3) is 0 Å². The van der Waals surface area contributed by atoms with Crippen molar-refractivity contribution in [2.45, 2.75) is 18.8 Å². The summed E-state index contributed by atoms with van der Waals surface area (Å²) in [7, 11) is -1.29. The van der Waals surface area contributed by atoms with Gasteiger partial charge in [-0.3, -0.25) is 4.99 Å². The smallest absolute Gasteiger partial charge is 0.191 e. The van der Waals surface area contributed by atoms with Crippen LogP contribution in [-0.4, -0.2) is 58.2 Å². The van der Waals surface area contributed by atoms with E-state index in [0.717, 1.165) is 18.4 Å². The minimum Gasteiger partial charge on any atom is -0.396 e. The predicted octanol–water partition coefficient (Wildman–Crippen LogP) is 0.752. The van der Waals surface area contributed by atoms with Gasteiger partial charge in [0.2, 0.25) is 0 Å². The van der Waals surface area contributed by atoms with Crippen LogP contribution in [0.4, 0.5) is 0 Å². The van der Waals surface area contributed by atoms with Gasteiger partial charge in [-0.05, 0) is 18.4 Å². The van der Waals surface area contributed by atoms with E-state index in [9.17, 15) is 13.5 Å². The molecule has 1 aromatic carbocycles. The normalized spacial score (nSPS) is 18.0. The quantitative estimate of drug-likeness (QED) is 0.474. The number of nitrogens with zero attached hydrogens (tertiary/aromatic N) is 1. The molecule has 6 nitrogen and oxygen atoms in total. The molecule has 1 aliphatic carbocycles. The Morgan fingerprint density at radius 1 is 1.29 bits per heavy atom. The maximum absolute atomic E-state index is 11.5. The van der Waals surface area contributed by atoms with Crippen LogP contribution < -0.4 is 10.6 Å². The highest BCUT2D eigenvalue weighted by molar-refractivity contribution is 7.90. The van der Waals surface area contributed by atoms with E-state index < -0.39 is 9.84 Å². The first-order chi connectivity index (χ1) is 11.4. The molecule has 1 saturated carbocycles. The molecule has 0 spiro atoms. The van der Waals surface area contributed by atoms with E-state index in [-0.39, 0.29) is 23.7 Å². The lowest BCUT2D eigenvalue weighted by molar-refractivity contribution is 0.265. The summed E-state index contributed by atoms with van der Waals surface area (Å²) in [5.74, 6) is 0.826. The Morgan fingerprint density at radius 3 is 2.46 bits per heavy atom. The van der Waals surface area contributed by atoms with E-state index in [1.165, 1.54) is 6.26 Å². The van der Waals surface area contributed by atoms with Gasteiger partial charge in [0.25, 0.3) is 0 Å². The van der Waals surface area contributed by atoms with Gasteiger partial charge in [0.05, 0.1) is 12.4 Å². The number of guanidine groups is 1. The molecule has 0 saturated heterocycles. The third-order valence-electron chi connectivity index (χ3n) is 4.39. The maximum atomic E-state index is 11.5. The number of sulfone groups is 1. The van der Waals surface area contributed by atoms with Gasteiger partial charge in [0, 0.05) is 37.7 Å². The van der Waals surface area contributed by atoms with Gasteiger partial charge in [-0.15, -0.1) is 0 Å². The Kier molecular flexibility index (Phi) is 6.23. The Bertz CT molecular complexity index is 655. The molecule has 1 atom stereocenters. The van der Waals surface area contributed by atoms with E-state index in [2.05, 4.69) is 15.6 Å². The van der Waals surface area contributed by atoms with Gasteiger partial charge in [-0.2, -0.15) is 0 Å². The minimum atomic E-state index is -2.97. The zero-order chi connectivity index (χ0) is 17.6. The summed E-state index contributed by atoms with van der Waals surface area (Å²) in [5.41, 5.74) is 0.916. The number of aliphatic hydroxyl groups excluding tert-OH is 1. The molecule has 3 N–H and O–H groups in total. The summed E-state index contributed by atoms with van der Waals surface area (Å²) >= 11 is 0. The number of hydrogen-bond donors (Lipinski definition) is 3. The molecule has 1 aromatic rings. The Labute approximate surface area is 144 Å². The molecule has 7 heteroatoms. The molecule has 1 unspecified atom stereocenters. The standard InChI is InChI=1S/C17H27N3O3S/c1-18-16(20-12-17(8-9-17)13-24(2,22)23)19-10-15(11-21)14-6-4-3-5-7-14/h3-7,15,21H,8-13H2,1-2H3,(H2,18,19,20). The van der Waals surface area contributed by atoms with E-state index in [4.69, 9.17) is 0 Å². The Hall–Kier alpha value is -1.60. The summed E-state index contributed by atoms with van der Waals surface area (Å²) < 4.78 is 23.0. The fraction of sp³-hybridized carbons (Fsp3) is 0.588. The van der Waals surface area contributed by atoms with Crippen LogP contribution in [-0.2, 0) is 9.84 Å². The van der Waals surface area contributed by atoms with Crippen LogP contribution in [0.15, 0.2) is 35.3 Å². The second kappa shape index (κ2) is 7.98. The van der Waals surface area contributed by atoms with Gasteiger partial charge in [-0.25, -0.2) is 8.42 Å². The van der Waals surface area contributed by atoms with Crippen molar-refractivity contribution in [1.82, 2.24) is 10.6 Å². The van der Waals surface area contributed by atoms with Gasteiger partial charge in [-0.1, -0.05) is 30.3 Å². The third kappa shape index (κ3) is 5.79. The predicted molar refractivity (Wildman–Crippen MR) is 97.0 cm³/mol. The number of aliphatic imine (C=N–C) groups is 1. The summed E-state index contributed by atoms with van der Waals surface area (Å²) in [4.78, 5) is 4.18. The number of aliphatic hydroxyl groups is 1. The minimum absolute atomic E-state index is 0.0179. The topological polar surface area (TPSA) is 90.8 Å². The first-order valence-electron chi connectivity index (χ1n) is 8.15. The van der Waals surface area contributed by atoms with Crippen LogP contribution in [0.2, 0.25) is 0 Å². The van der Waals surface area contributed by atoms with Crippen LogP contribution >= 0.6 is 0 Å². The van der Waals surface area contributed by atoms with Crippen molar-refractivity contribution in [2.24, 2.45) is 10.4 Å². The number of nitrogens with one attached hydrogen (secondary N) is 2. The highest BCUT2D eigenvalue weighted by Gasteiger charge is 2.45. The maximum Gasteiger partial charge on any atom is 0.191 e. The van der Waals surface area contributed by atoms with Gasteiger partial charge >= 0.3 is 0 Å². The Morgan fingerprint density at radius 2 is 1.96 bits per heavy atom. The Balaban J connectivity index is 1.84. The molecule has 0 aromatic heterocycles. The third-order valence-corrected chi connectivity index (χ3v) is 5.52. The molecule has 134 valence electrons. The summed E-state index contributed by atoms with van der Waals surface area (Å²) in [5, 5.41) is 16.0. The van der Waals surface area contributed by atoms with Crippen molar-refractivity contribution < 1.29 is 13.5 Å². The van der Waals surface area contributed by atoms with Gasteiger partial charge < -0.3 is 15.7 Å². The van der Waals surface area contributed by atoms with Crippen molar-refractivity contribution in [1.29, 1.82) is 0 Å². The zero-order valence-electron chi connectivity index (χ0n) is 14.3. The average Bonchev–Trinajstić information content (AvgIpc) is 3.29. The largest absolute Gasteiger partial charge is 0.396 e. The average molecular weight is 353 g/mol. The molecular weight excluding hydrogens is 326 g/mol. The number of hydrogen-bond acceptors (Lipinski definition) is 4. The SMILES string of the molecule is CN=C(NCC(CO)c1ccccc1)NCC1(CS(C)(=O)=O)CC1. The summed E-state index contributed by atoms with van der Waals surface area (Å²) in [6.07, 6.45) is 3.13. The second-order valence-electron chi connectivity index (χ2n) is 6.67. The number of benzene rings is 1. The summed E-state index contributed by atoms with van der Waals surface area (Å²) in [6, 6.07) is 9.83. The molecular formula is C17H27N3O3S. The first-order valence-corrected chi connectivity index (χ1v) is 10.2. The highest BCUT2D eigenvalue weighted by atomic mass is 32.2. The number of rotatable bonds is 8. The van der Waals surface area contributed by atoms with E-state index in [1.54, 1.807) is 7.05 Å². The van der Waals surface area contributed by atoms with Crippen molar-refractivity contribution in [3.8, 4) is 0 Å². The molecule has 24 heavy (non-hydrogen) atoms. The van der Waals surface area contributed by atoms with Crippen LogP contribution in [0, 0.1) is 5.41 Å². The zero-order valence-corrected chi connectivity index (χ0v) is 15.1. The highest BCUT2D eigenvalue weighted by Crippen LogP contribution is 2.45. The molecule has 1 aliphatic rings. The van der Waals surface area contributed by atoms with Gasteiger partial charge in [0.15, 0.2) is 5.96 Å². The fourth-order valence-electron chi connectivity index (χ4n) is 2.83. The van der Waals surface area contributed by atoms with E-state index in [1.807, 2.05) is 30.3 Å². The van der Waals surface area contributed by atoms with Gasteiger partial charge in [0.1, 0.15) is 9.84 Å². The van der Waals surface area contributed by atoms with Crippen LogP contribution in [0.5, 0.6) is 0 Å². The van der Waals surface area contributed by atoms with Crippen LogP contribution in [0.3, 0.4) is 0 Å². The molecule has 0 heterocycles. The molecule has 1 fully saturated rings. The lowest BCUT2D eigenvalue weighted by atomic mass is 10.0. The molecule has 0 aliphatic heterocycles. The van der Waals surface area contributed by atoms with E-state index in [0.29, 0.717) is 19.0 Å². The first kappa shape index (κ1) is 18.7. The molecule has 2 rings (SSSR count).